The monoisotopic (exact) mass is 550 g/mol. The lowest BCUT2D eigenvalue weighted by Gasteiger charge is -2.23. The Labute approximate surface area is 247 Å². The first-order chi connectivity index (χ1) is 21.0. The summed E-state index contributed by atoms with van der Waals surface area (Å²) in [5.41, 5.74) is 11.3. The van der Waals surface area contributed by atoms with E-state index in [0.29, 0.717) is 0 Å². The van der Waals surface area contributed by atoms with Gasteiger partial charge in [-0.15, -0.1) is 0 Å². The van der Waals surface area contributed by atoms with Crippen molar-refractivity contribution < 1.29 is 8.83 Å². The average molecular weight is 551 g/mol. The molecule has 0 N–H and O–H groups in total. The lowest BCUT2D eigenvalue weighted by atomic mass is 9.80. The molecule has 2 heterocycles. The first kappa shape index (κ1) is 23.2. The lowest BCUT2D eigenvalue weighted by Crippen LogP contribution is -2.15. The Morgan fingerprint density at radius 2 is 0.837 bits per heavy atom. The fourth-order valence-corrected chi connectivity index (χ4v) is 7.61. The molecule has 1 aliphatic carbocycles. The fourth-order valence-electron chi connectivity index (χ4n) is 7.61. The molecule has 7 aromatic carbocycles. The van der Waals surface area contributed by atoms with Crippen LogP contribution in [0.4, 0.5) is 0 Å². The Morgan fingerprint density at radius 3 is 1.33 bits per heavy atom. The molecule has 0 spiro atoms. The zero-order chi connectivity index (χ0) is 28.4. The van der Waals surface area contributed by atoms with Crippen LogP contribution in [0.2, 0.25) is 0 Å². The SMILES string of the molecule is CC1(C)c2cc(-c3ccc4oc5ccccc5c4c3)cc3ccc4cc(-c5ccc6oc7ccccc7c6c5)cc1c4c23. The average Bonchev–Trinajstić information content (AvgIpc) is 3.67. The van der Waals surface area contributed by atoms with Crippen molar-refractivity contribution in [2.75, 3.05) is 0 Å². The summed E-state index contributed by atoms with van der Waals surface area (Å²) in [5, 5.41) is 10.0. The minimum absolute atomic E-state index is 0.134. The highest BCUT2D eigenvalue weighted by molar-refractivity contribution is 6.17. The van der Waals surface area contributed by atoms with E-state index >= 15 is 0 Å². The predicted molar refractivity (Wildman–Crippen MR) is 179 cm³/mol. The summed E-state index contributed by atoms with van der Waals surface area (Å²) >= 11 is 0. The number of benzene rings is 7. The lowest BCUT2D eigenvalue weighted by molar-refractivity contribution is 0.663. The van der Waals surface area contributed by atoms with Gasteiger partial charge in [-0.05, 0) is 116 Å². The van der Waals surface area contributed by atoms with Crippen molar-refractivity contribution >= 4 is 65.4 Å². The van der Waals surface area contributed by atoms with E-state index in [4.69, 9.17) is 8.83 Å². The molecule has 2 heteroatoms. The fraction of sp³-hybridized carbons (Fsp3) is 0.0732. The first-order valence-electron chi connectivity index (χ1n) is 14.9. The van der Waals surface area contributed by atoms with Crippen LogP contribution in [-0.2, 0) is 5.41 Å². The first-order valence-corrected chi connectivity index (χ1v) is 14.9. The summed E-state index contributed by atoms with van der Waals surface area (Å²) in [5.74, 6) is 0. The van der Waals surface area contributed by atoms with E-state index in [9.17, 15) is 0 Å². The maximum absolute atomic E-state index is 6.12. The smallest absolute Gasteiger partial charge is 0.135 e. The van der Waals surface area contributed by atoms with Crippen LogP contribution in [0.15, 0.2) is 130 Å². The molecule has 0 radical (unpaired) electrons. The maximum atomic E-state index is 6.12. The van der Waals surface area contributed by atoms with Crippen LogP contribution in [0.1, 0.15) is 25.0 Å². The number of furan rings is 2. The predicted octanol–water partition coefficient (Wildman–Crippen LogP) is 11.8. The quantitative estimate of drug-likeness (QED) is 0.200. The third-order valence-corrected chi connectivity index (χ3v) is 9.80. The highest BCUT2D eigenvalue weighted by atomic mass is 16.3. The molecule has 0 unspecified atom stereocenters. The highest BCUT2D eigenvalue weighted by Crippen LogP contribution is 2.51. The van der Waals surface area contributed by atoms with Crippen molar-refractivity contribution in [1.29, 1.82) is 0 Å². The van der Waals surface area contributed by atoms with Gasteiger partial charge in [-0.25, -0.2) is 0 Å². The van der Waals surface area contributed by atoms with Crippen LogP contribution in [0, 0.1) is 0 Å². The third kappa shape index (κ3) is 3.08. The molecule has 2 aromatic heterocycles. The Kier molecular flexibility index (Phi) is 4.29. The van der Waals surface area contributed by atoms with Gasteiger partial charge in [0.05, 0.1) is 0 Å². The molecule has 43 heavy (non-hydrogen) atoms. The molecule has 0 atom stereocenters. The topological polar surface area (TPSA) is 26.3 Å². The molecule has 0 amide bonds. The summed E-state index contributed by atoms with van der Waals surface area (Å²) < 4.78 is 12.2. The summed E-state index contributed by atoms with van der Waals surface area (Å²) in [6.07, 6.45) is 0. The van der Waals surface area contributed by atoms with Crippen LogP contribution in [0.3, 0.4) is 0 Å². The zero-order valence-electron chi connectivity index (χ0n) is 23.9. The highest BCUT2D eigenvalue weighted by Gasteiger charge is 2.35. The Morgan fingerprint density at radius 1 is 0.395 bits per heavy atom. The minimum atomic E-state index is -0.134. The molecule has 9 aromatic rings. The second kappa shape index (κ2) is 7.93. The van der Waals surface area contributed by atoms with Gasteiger partial charge >= 0.3 is 0 Å². The summed E-state index contributed by atoms with van der Waals surface area (Å²) in [7, 11) is 0. The summed E-state index contributed by atoms with van der Waals surface area (Å²) in [6.45, 7) is 4.76. The van der Waals surface area contributed by atoms with Gasteiger partial charge in [-0.3, -0.25) is 0 Å². The standard InChI is InChI=1S/C41H26O2/c1-41(2)33-21-27(23-13-15-37-31(19-23)29-7-3-5-9-35(29)42-37)17-25-11-12-26-18-28(22-34(41)40(26)39(25)33)24-14-16-38-32(20-24)30-8-4-6-10-36(30)43-38/h3-22H,1-2H3. The van der Waals surface area contributed by atoms with Crippen LogP contribution in [-0.4, -0.2) is 0 Å². The second-order valence-corrected chi connectivity index (χ2v) is 12.6. The van der Waals surface area contributed by atoms with Crippen LogP contribution < -0.4 is 0 Å². The van der Waals surface area contributed by atoms with Gasteiger partial charge in [0.1, 0.15) is 22.3 Å². The molecule has 2 nitrogen and oxygen atoms in total. The van der Waals surface area contributed by atoms with E-state index in [1.165, 1.54) is 54.9 Å². The van der Waals surface area contributed by atoms with Crippen molar-refractivity contribution in [2.45, 2.75) is 19.3 Å². The minimum Gasteiger partial charge on any atom is -0.456 e. The Bertz CT molecular complexity index is 2460. The van der Waals surface area contributed by atoms with E-state index in [1.54, 1.807) is 0 Å². The second-order valence-electron chi connectivity index (χ2n) is 12.6. The van der Waals surface area contributed by atoms with Gasteiger partial charge in [-0.2, -0.15) is 0 Å². The van der Waals surface area contributed by atoms with Gasteiger partial charge in [0.25, 0.3) is 0 Å². The van der Waals surface area contributed by atoms with E-state index in [-0.39, 0.29) is 5.41 Å². The number of fused-ring (bicyclic) bond motifs is 6. The van der Waals surface area contributed by atoms with Crippen molar-refractivity contribution in [3.63, 3.8) is 0 Å². The summed E-state index contributed by atoms with van der Waals surface area (Å²) in [4.78, 5) is 0. The van der Waals surface area contributed by atoms with Crippen molar-refractivity contribution in [3.05, 3.63) is 132 Å². The number of hydrogen-bond acceptors (Lipinski definition) is 2. The molecule has 10 rings (SSSR count). The molecular formula is C41H26O2. The van der Waals surface area contributed by atoms with Gasteiger partial charge in [-0.1, -0.05) is 74.5 Å². The van der Waals surface area contributed by atoms with Gasteiger partial charge in [0, 0.05) is 27.0 Å². The number of para-hydroxylation sites is 2. The van der Waals surface area contributed by atoms with Crippen LogP contribution in [0.25, 0.3) is 87.7 Å². The number of rotatable bonds is 2. The molecule has 0 fully saturated rings. The normalized spacial score (nSPS) is 14.0. The Hall–Kier alpha value is -5.34. The molecule has 0 saturated heterocycles. The van der Waals surface area contributed by atoms with Crippen LogP contribution >= 0.6 is 0 Å². The van der Waals surface area contributed by atoms with Gasteiger partial charge in [0.2, 0.25) is 0 Å². The number of hydrogen-bond donors (Lipinski definition) is 0. The van der Waals surface area contributed by atoms with E-state index < -0.39 is 0 Å². The zero-order valence-corrected chi connectivity index (χ0v) is 23.9. The van der Waals surface area contributed by atoms with E-state index in [1.807, 2.05) is 24.3 Å². The third-order valence-electron chi connectivity index (χ3n) is 9.80. The molecule has 0 saturated carbocycles. The molecule has 202 valence electrons. The molecule has 1 aliphatic rings. The van der Waals surface area contributed by atoms with Crippen molar-refractivity contribution in [3.8, 4) is 22.3 Å². The van der Waals surface area contributed by atoms with E-state index in [0.717, 1.165) is 43.9 Å². The summed E-state index contributed by atoms with van der Waals surface area (Å²) in [6, 6.07) is 44.0. The molecular weight excluding hydrogens is 524 g/mol. The molecule has 0 bridgehead atoms. The van der Waals surface area contributed by atoms with Crippen LogP contribution in [0.5, 0.6) is 0 Å². The Balaban J connectivity index is 1.16. The van der Waals surface area contributed by atoms with Crippen molar-refractivity contribution in [1.82, 2.24) is 0 Å². The largest absolute Gasteiger partial charge is 0.456 e. The van der Waals surface area contributed by atoms with Crippen molar-refractivity contribution in [2.24, 2.45) is 0 Å². The molecule has 0 aliphatic heterocycles. The maximum Gasteiger partial charge on any atom is 0.135 e. The van der Waals surface area contributed by atoms with E-state index in [2.05, 4.69) is 111 Å². The van der Waals surface area contributed by atoms with Gasteiger partial charge in [0.15, 0.2) is 0 Å². The van der Waals surface area contributed by atoms with Gasteiger partial charge < -0.3 is 8.83 Å².